The predicted octanol–water partition coefficient (Wildman–Crippen LogP) is 6.54. The van der Waals surface area contributed by atoms with E-state index in [2.05, 4.69) is 38.5 Å². The van der Waals surface area contributed by atoms with Gasteiger partial charge in [-0.1, -0.05) is 45.5 Å². The first-order chi connectivity index (χ1) is 21.6. The van der Waals surface area contributed by atoms with Gasteiger partial charge in [0.25, 0.3) is 5.56 Å². The van der Waals surface area contributed by atoms with E-state index in [-0.39, 0.29) is 18.3 Å². The summed E-state index contributed by atoms with van der Waals surface area (Å²) < 4.78 is 27.2. The van der Waals surface area contributed by atoms with Crippen LogP contribution in [-0.2, 0) is 16.1 Å². The molecule has 1 aromatic heterocycles. The molecule has 0 saturated heterocycles. The molecule has 0 amide bonds. The maximum atomic E-state index is 14.2. The summed E-state index contributed by atoms with van der Waals surface area (Å²) in [5.41, 5.74) is 2.91. The maximum absolute atomic E-state index is 14.2. The molecule has 1 atom stereocenters. The molecule has 234 valence electrons. The SMILES string of the molecule is CCOC(=O)C1=C(C)N=c2s/c(=C\c3cc(Br)ccc3OCc3ccc(I)cc3)c(=O)n2[C@@H]1c1ccc(OC(C)C)c(OC)c1. The van der Waals surface area contributed by atoms with E-state index in [1.165, 1.54) is 11.3 Å². The second kappa shape index (κ2) is 14.3. The van der Waals surface area contributed by atoms with E-state index in [9.17, 15) is 9.59 Å². The largest absolute Gasteiger partial charge is 0.493 e. The maximum Gasteiger partial charge on any atom is 0.338 e. The van der Waals surface area contributed by atoms with Gasteiger partial charge in [0, 0.05) is 13.6 Å². The Morgan fingerprint density at radius 2 is 1.82 bits per heavy atom. The number of benzene rings is 3. The average Bonchev–Trinajstić information content (AvgIpc) is 3.30. The highest BCUT2D eigenvalue weighted by molar-refractivity contribution is 14.1. The van der Waals surface area contributed by atoms with Crippen LogP contribution >= 0.6 is 49.9 Å². The lowest BCUT2D eigenvalue weighted by Crippen LogP contribution is -2.40. The molecule has 0 bridgehead atoms. The number of ether oxygens (including phenoxy) is 4. The van der Waals surface area contributed by atoms with Gasteiger partial charge in [0.15, 0.2) is 16.3 Å². The van der Waals surface area contributed by atoms with Crippen LogP contribution in [0.5, 0.6) is 17.2 Å². The topological polar surface area (TPSA) is 88.4 Å². The number of hydrogen-bond donors (Lipinski definition) is 0. The zero-order chi connectivity index (χ0) is 32.2. The Bertz CT molecular complexity index is 1950. The summed E-state index contributed by atoms with van der Waals surface area (Å²) in [5.74, 6) is 1.16. The number of carbonyl (C=O) groups is 1. The lowest BCUT2D eigenvalue weighted by atomic mass is 9.95. The summed E-state index contributed by atoms with van der Waals surface area (Å²) in [7, 11) is 1.56. The van der Waals surface area contributed by atoms with Crippen LogP contribution in [0.15, 0.2) is 86.2 Å². The third-order valence-corrected chi connectivity index (χ3v) is 9.14. The molecule has 45 heavy (non-hydrogen) atoms. The fraction of sp³-hybridized carbons (Fsp3) is 0.265. The molecule has 1 aliphatic heterocycles. The summed E-state index contributed by atoms with van der Waals surface area (Å²) >= 11 is 7.08. The Kier molecular flexibility index (Phi) is 10.5. The van der Waals surface area contributed by atoms with Gasteiger partial charge in [-0.05, 0) is 110 Å². The van der Waals surface area contributed by atoms with Gasteiger partial charge in [-0.25, -0.2) is 9.79 Å². The molecule has 3 aromatic carbocycles. The minimum atomic E-state index is -0.788. The number of rotatable bonds is 10. The monoisotopic (exact) mass is 802 g/mol. The molecule has 2 heterocycles. The zero-order valence-electron chi connectivity index (χ0n) is 25.4. The molecule has 0 fully saturated rings. The van der Waals surface area contributed by atoms with E-state index in [0.717, 1.165) is 19.2 Å². The fourth-order valence-corrected chi connectivity index (χ4v) is 6.73. The van der Waals surface area contributed by atoms with Crippen molar-refractivity contribution in [2.45, 2.75) is 46.4 Å². The van der Waals surface area contributed by atoms with Crippen molar-refractivity contribution in [2.24, 2.45) is 4.99 Å². The van der Waals surface area contributed by atoms with E-state index in [1.807, 2.05) is 62.4 Å². The fourth-order valence-electron chi connectivity index (χ4n) is 4.96. The minimum absolute atomic E-state index is 0.0666. The summed E-state index contributed by atoms with van der Waals surface area (Å²) in [6.45, 7) is 7.93. The third-order valence-electron chi connectivity index (χ3n) is 6.95. The molecule has 4 aromatic rings. The highest BCUT2D eigenvalue weighted by Crippen LogP contribution is 2.36. The number of allylic oxidation sites excluding steroid dienone is 1. The zero-order valence-corrected chi connectivity index (χ0v) is 30.0. The molecule has 0 unspecified atom stereocenters. The number of fused-ring (bicyclic) bond motifs is 1. The minimum Gasteiger partial charge on any atom is -0.493 e. The van der Waals surface area contributed by atoms with Gasteiger partial charge < -0.3 is 18.9 Å². The Hall–Kier alpha value is -3.42. The molecule has 0 saturated carbocycles. The van der Waals surface area contributed by atoms with Crippen molar-refractivity contribution in [3.8, 4) is 17.2 Å². The summed E-state index contributed by atoms with van der Waals surface area (Å²) in [4.78, 5) is 32.7. The summed E-state index contributed by atoms with van der Waals surface area (Å²) in [5, 5.41) is 0. The van der Waals surface area contributed by atoms with Crippen LogP contribution in [0.3, 0.4) is 0 Å². The van der Waals surface area contributed by atoms with Gasteiger partial charge in [-0.3, -0.25) is 9.36 Å². The van der Waals surface area contributed by atoms with E-state index in [4.69, 9.17) is 23.9 Å². The molecule has 1 aliphatic rings. The summed E-state index contributed by atoms with van der Waals surface area (Å²) in [6.07, 6.45) is 1.74. The molecule has 8 nitrogen and oxygen atoms in total. The number of hydrogen-bond acceptors (Lipinski definition) is 8. The van der Waals surface area contributed by atoms with E-state index >= 15 is 0 Å². The van der Waals surface area contributed by atoms with Crippen LogP contribution in [0.2, 0.25) is 0 Å². The molecular formula is C34H32BrIN2O6S. The number of esters is 1. The average molecular weight is 804 g/mol. The Morgan fingerprint density at radius 1 is 1.09 bits per heavy atom. The summed E-state index contributed by atoms with van der Waals surface area (Å²) in [6, 6.07) is 18.4. The second-order valence-corrected chi connectivity index (χ2v) is 13.6. The van der Waals surface area contributed by atoms with Crippen molar-refractivity contribution >= 4 is 61.9 Å². The molecule has 0 radical (unpaired) electrons. The van der Waals surface area contributed by atoms with Crippen molar-refractivity contribution in [3.05, 3.63) is 116 Å². The van der Waals surface area contributed by atoms with Crippen LogP contribution in [-0.4, -0.2) is 30.4 Å². The van der Waals surface area contributed by atoms with E-state index in [1.54, 1.807) is 43.7 Å². The number of thiazole rings is 1. The first-order valence-electron chi connectivity index (χ1n) is 14.3. The lowest BCUT2D eigenvalue weighted by Gasteiger charge is -2.25. The van der Waals surface area contributed by atoms with Crippen molar-refractivity contribution in [1.29, 1.82) is 0 Å². The van der Waals surface area contributed by atoms with Crippen LogP contribution in [0.4, 0.5) is 0 Å². The number of carbonyl (C=O) groups excluding carboxylic acids is 1. The van der Waals surface area contributed by atoms with Crippen molar-refractivity contribution < 1.29 is 23.7 Å². The second-order valence-electron chi connectivity index (χ2n) is 10.5. The highest BCUT2D eigenvalue weighted by atomic mass is 127. The Morgan fingerprint density at radius 3 is 2.51 bits per heavy atom. The van der Waals surface area contributed by atoms with Crippen LogP contribution in [0, 0.1) is 3.57 Å². The molecular weight excluding hydrogens is 771 g/mol. The van der Waals surface area contributed by atoms with E-state index < -0.39 is 12.0 Å². The lowest BCUT2D eigenvalue weighted by molar-refractivity contribution is -0.139. The standard InChI is InChI=1S/C34H32BrIN2O6S/c1-6-42-33(40)30-20(4)37-34-38(31(30)22-9-13-27(44-19(2)3)28(16-22)41-5)32(39)29(45-34)17-23-15-24(35)10-14-26(23)43-18-21-7-11-25(36)12-8-21/h7-17,19,31H,6,18H2,1-5H3/b29-17-/t31-/m1/s1. The Labute approximate surface area is 287 Å². The molecule has 0 spiro atoms. The molecule has 0 N–H and O–H groups in total. The first kappa shape index (κ1) is 33.0. The van der Waals surface area contributed by atoms with E-state index in [0.29, 0.717) is 50.0 Å². The number of halogens is 2. The number of methoxy groups -OCH3 is 1. The van der Waals surface area contributed by atoms with Crippen LogP contribution < -0.4 is 29.1 Å². The number of nitrogens with zero attached hydrogens (tertiary/aromatic N) is 2. The molecule has 11 heteroatoms. The van der Waals surface area contributed by atoms with Gasteiger partial charge in [0.1, 0.15) is 12.4 Å². The van der Waals surface area contributed by atoms with Gasteiger partial charge in [-0.2, -0.15) is 0 Å². The van der Waals surface area contributed by atoms with Gasteiger partial charge in [0.05, 0.1) is 41.7 Å². The normalized spacial score (nSPS) is 14.7. The van der Waals surface area contributed by atoms with Crippen molar-refractivity contribution in [2.75, 3.05) is 13.7 Å². The van der Waals surface area contributed by atoms with Crippen LogP contribution in [0.1, 0.15) is 50.4 Å². The van der Waals surface area contributed by atoms with Crippen molar-refractivity contribution in [3.63, 3.8) is 0 Å². The van der Waals surface area contributed by atoms with Crippen LogP contribution in [0.25, 0.3) is 6.08 Å². The van der Waals surface area contributed by atoms with Crippen molar-refractivity contribution in [1.82, 2.24) is 4.57 Å². The smallest absolute Gasteiger partial charge is 0.338 e. The molecule has 0 aliphatic carbocycles. The highest BCUT2D eigenvalue weighted by Gasteiger charge is 2.34. The van der Waals surface area contributed by atoms with Gasteiger partial charge >= 0.3 is 5.97 Å². The van der Waals surface area contributed by atoms with Gasteiger partial charge in [-0.15, -0.1) is 0 Å². The predicted molar refractivity (Wildman–Crippen MR) is 187 cm³/mol. The molecule has 5 rings (SSSR count). The quantitative estimate of drug-likeness (QED) is 0.134. The van der Waals surface area contributed by atoms with Gasteiger partial charge in [0.2, 0.25) is 0 Å². The first-order valence-corrected chi connectivity index (χ1v) is 17.0. The Balaban J connectivity index is 1.63. The number of aromatic nitrogens is 1. The third kappa shape index (κ3) is 7.36.